The van der Waals surface area contributed by atoms with Crippen LogP contribution in [0.3, 0.4) is 0 Å². The van der Waals surface area contributed by atoms with Crippen LogP contribution in [0.2, 0.25) is 0 Å². The lowest BCUT2D eigenvalue weighted by Gasteiger charge is -2.36. The first-order valence-corrected chi connectivity index (χ1v) is 9.58. The minimum atomic E-state index is -0.388. The van der Waals surface area contributed by atoms with Crippen molar-refractivity contribution in [3.63, 3.8) is 0 Å². The molecule has 7 nitrogen and oxygen atoms in total. The summed E-state index contributed by atoms with van der Waals surface area (Å²) in [5.74, 6) is -0.000279. The molecule has 0 bridgehead atoms. The third-order valence-electron chi connectivity index (χ3n) is 4.60. The van der Waals surface area contributed by atoms with E-state index in [1.807, 2.05) is 24.3 Å². The summed E-state index contributed by atoms with van der Waals surface area (Å²) in [4.78, 5) is 27.0. The van der Waals surface area contributed by atoms with E-state index >= 15 is 0 Å². The lowest BCUT2D eigenvalue weighted by atomic mass is 10.2. The number of nitrogens with zero attached hydrogens (tertiary/aromatic N) is 3. The smallest absolute Gasteiger partial charge is 0.269 e. The van der Waals surface area contributed by atoms with E-state index < -0.39 is 0 Å². The summed E-state index contributed by atoms with van der Waals surface area (Å²) in [6, 6.07) is 14.2. The molecule has 1 N–H and O–H groups in total. The quantitative estimate of drug-likeness (QED) is 0.557. The summed E-state index contributed by atoms with van der Waals surface area (Å²) in [6.45, 7) is 4.11. The van der Waals surface area contributed by atoms with Crippen molar-refractivity contribution in [1.29, 1.82) is 0 Å². The number of nitrogens with one attached hydrogen (secondary N) is 1. The maximum absolute atomic E-state index is 12.2. The largest absolute Gasteiger partial charge is 0.369 e. The molecule has 0 unspecified atom stereocenters. The van der Waals surface area contributed by atoms with E-state index in [0.717, 1.165) is 42.0 Å². The van der Waals surface area contributed by atoms with Gasteiger partial charge in [0.25, 0.3) is 5.69 Å². The molecule has 8 heteroatoms. The monoisotopic (exact) mass is 432 g/mol. The number of halogens is 1. The Morgan fingerprint density at radius 2 is 1.74 bits per heavy atom. The lowest BCUT2D eigenvalue weighted by molar-refractivity contribution is -0.384. The number of non-ortho nitro benzene ring substituents is 1. The predicted molar refractivity (Wildman–Crippen MR) is 109 cm³/mol. The zero-order valence-corrected chi connectivity index (χ0v) is 16.4. The van der Waals surface area contributed by atoms with Gasteiger partial charge in [0.1, 0.15) is 0 Å². The molecule has 1 aliphatic rings. The summed E-state index contributed by atoms with van der Waals surface area (Å²) in [5.41, 5.74) is 1.88. The molecule has 0 aliphatic carbocycles. The molecule has 142 valence electrons. The molecule has 27 heavy (non-hydrogen) atoms. The maximum atomic E-state index is 12.2. The van der Waals surface area contributed by atoms with Crippen LogP contribution in [0.5, 0.6) is 0 Å². The number of benzene rings is 2. The van der Waals surface area contributed by atoms with E-state index in [2.05, 4.69) is 31.0 Å². The first kappa shape index (κ1) is 19.3. The van der Waals surface area contributed by atoms with Crippen molar-refractivity contribution in [2.75, 3.05) is 42.9 Å². The Kier molecular flexibility index (Phi) is 6.41. The van der Waals surface area contributed by atoms with E-state index in [4.69, 9.17) is 0 Å². The standard InChI is InChI=1S/C19H21BrN4O3/c20-17-3-1-2-4-18(17)21-19(25)9-10-22-11-13-23(14-12-22)15-5-7-16(8-6-15)24(26)27/h1-8H,9-14H2,(H,21,25). The van der Waals surface area contributed by atoms with Gasteiger partial charge in [0.05, 0.1) is 10.6 Å². The molecule has 0 saturated carbocycles. The number of anilines is 2. The third kappa shape index (κ3) is 5.27. The molecule has 1 heterocycles. The molecule has 1 amide bonds. The second-order valence-electron chi connectivity index (χ2n) is 6.38. The van der Waals surface area contributed by atoms with Crippen LogP contribution < -0.4 is 10.2 Å². The van der Waals surface area contributed by atoms with Crippen molar-refractivity contribution in [1.82, 2.24) is 4.90 Å². The van der Waals surface area contributed by atoms with E-state index in [1.54, 1.807) is 12.1 Å². The van der Waals surface area contributed by atoms with Crippen molar-refractivity contribution in [2.24, 2.45) is 0 Å². The number of carbonyl (C=O) groups is 1. The van der Waals surface area contributed by atoms with E-state index in [-0.39, 0.29) is 16.5 Å². The first-order valence-electron chi connectivity index (χ1n) is 8.79. The fourth-order valence-electron chi connectivity index (χ4n) is 3.05. The van der Waals surface area contributed by atoms with Crippen LogP contribution in [-0.4, -0.2) is 48.5 Å². The van der Waals surface area contributed by atoms with Gasteiger partial charge in [-0.1, -0.05) is 12.1 Å². The second-order valence-corrected chi connectivity index (χ2v) is 7.23. The van der Waals surface area contributed by atoms with Crippen LogP contribution in [0, 0.1) is 10.1 Å². The van der Waals surface area contributed by atoms with Gasteiger partial charge in [-0.25, -0.2) is 0 Å². The molecule has 1 fully saturated rings. The number of rotatable bonds is 6. The van der Waals surface area contributed by atoms with Gasteiger partial charge in [-0.2, -0.15) is 0 Å². The van der Waals surface area contributed by atoms with Gasteiger partial charge in [0, 0.05) is 61.4 Å². The first-order chi connectivity index (χ1) is 13.0. The highest BCUT2D eigenvalue weighted by Crippen LogP contribution is 2.22. The molecule has 1 saturated heterocycles. The second kappa shape index (κ2) is 8.96. The highest BCUT2D eigenvalue weighted by molar-refractivity contribution is 9.10. The molecular weight excluding hydrogens is 412 g/mol. The zero-order chi connectivity index (χ0) is 19.2. The van der Waals surface area contributed by atoms with Crippen LogP contribution in [0.4, 0.5) is 17.1 Å². The minimum Gasteiger partial charge on any atom is -0.369 e. The predicted octanol–water partition coefficient (Wildman–Crippen LogP) is 3.51. The third-order valence-corrected chi connectivity index (χ3v) is 5.29. The van der Waals surface area contributed by atoms with Crippen LogP contribution >= 0.6 is 15.9 Å². The summed E-state index contributed by atoms with van der Waals surface area (Å²) < 4.78 is 0.870. The van der Waals surface area contributed by atoms with Crippen molar-refractivity contribution >= 4 is 38.9 Å². The van der Waals surface area contributed by atoms with Gasteiger partial charge in [0.15, 0.2) is 0 Å². The van der Waals surface area contributed by atoms with Crippen molar-refractivity contribution < 1.29 is 9.72 Å². The fraction of sp³-hybridized carbons (Fsp3) is 0.316. The van der Waals surface area contributed by atoms with Crippen LogP contribution in [0.25, 0.3) is 0 Å². The van der Waals surface area contributed by atoms with Gasteiger partial charge in [-0.3, -0.25) is 19.8 Å². The van der Waals surface area contributed by atoms with Gasteiger partial charge in [0.2, 0.25) is 5.91 Å². The molecule has 0 spiro atoms. The van der Waals surface area contributed by atoms with Gasteiger partial charge < -0.3 is 10.2 Å². The molecule has 0 radical (unpaired) electrons. The number of para-hydroxylation sites is 1. The Morgan fingerprint density at radius 3 is 2.37 bits per heavy atom. The van der Waals surface area contributed by atoms with E-state index in [9.17, 15) is 14.9 Å². The Morgan fingerprint density at radius 1 is 1.07 bits per heavy atom. The van der Waals surface area contributed by atoms with E-state index in [1.165, 1.54) is 12.1 Å². The average Bonchev–Trinajstić information content (AvgIpc) is 2.69. The average molecular weight is 433 g/mol. The minimum absolute atomic E-state index is 0.000279. The molecule has 1 aliphatic heterocycles. The lowest BCUT2D eigenvalue weighted by Crippen LogP contribution is -2.47. The zero-order valence-electron chi connectivity index (χ0n) is 14.8. The maximum Gasteiger partial charge on any atom is 0.269 e. The Balaban J connectivity index is 1.43. The summed E-state index contributed by atoms with van der Waals surface area (Å²) in [6.07, 6.45) is 0.443. The van der Waals surface area contributed by atoms with Gasteiger partial charge in [-0.15, -0.1) is 0 Å². The molecule has 2 aromatic carbocycles. The normalized spacial score (nSPS) is 14.8. The Hall–Kier alpha value is -2.45. The molecule has 0 atom stereocenters. The summed E-state index contributed by atoms with van der Waals surface area (Å²) in [5, 5.41) is 13.7. The van der Waals surface area contributed by atoms with Crippen LogP contribution in [0.15, 0.2) is 53.0 Å². The molecule has 3 rings (SSSR count). The summed E-state index contributed by atoms with van der Waals surface area (Å²) >= 11 is 3.43. The van der Waals surface area contributed by atoms with Crippen LogP contribution in [-0.2, 0) is 4.79 Å². The van der Waals surface area contributed by atoms with Crippen molar-refractivity contribution in [3.8, 4) is 0 Å². The van der Waals surface area contributed by atoms with E-state index in [0.29, 0.717) is 13.0 Å². The highest BCUT2D eigenvalue weighted by Gasteiger charge is 2.18. The van der Waals surface area contributed by atoms with Crippen molar-refractivity contribution in [3.05, 3.63) is 63.1 Å². The topological polar surface area (TPSA) is 78.7 Å². The number of amides is 1. The molecular formula is C19H21BrN4O3. The number of piperazine rings is 1. The fourth-order valence-corrected chi connectivity index (χ4v) is 3.43. The number of hydrogen-bond donors (Lipinski definition) is 1. The highest BCUT2D eigenvalue weighted by atomic mass is 79.9. The Labute approximate surface area is 166 Å². The van der Waals surface area contributed by atoms with Crippen LogP contribution in [0.1, 0.15) is 6.42 Å². The number of nitro groups is 1. The van der Waals surface area contributed by atoms with Gasteiger partial charge >= 0.3 is 0 Å². The SMILES string of the molecule is O=C(CCN1CCN(c2ccc([N+](=O)[O-])cc2)CC1)Nc1ccccc1Br. The van der Waals surface area contributed by atoms with Crippen molar-refractivity contribution in [2.45, 2.75) is 6.42 Å². The molecule has 0 aromatic heterocycles. The molecule has 2 aromatic rings. The number of carbonyl (C=O) groups excluding carboxylic acids is 1. The number of nitro benzene ring substituents is 1. The number of hydrogen-bond acceptors (Lipinski definition) is 5. The Bertz CT molecular complexity index is 805. The van der Waals surface area contributed by atoms with Gasteiger partial charge in [-0.05, 0) is 40.2 Å². The summed E-state index contributed by atoms with van der Waals surface area (Å²) in [7, 11) is 0.